The van der Waals surface area contributed by atoms with Gasteiger partial charge in [0.15, 0.2) is 5.60 Å². The summed E-state index contributed by atoms with van der Waals surface area (Å²) in [5.41, 5.74) is -1.96. The third kappa shape index (κ3) is 3.06. The van der Waals surface area contributed by atoms with E-state index in [0.29, 0.717) is 6.42 Å². The number of likely N-dealkylation sites (tertiary alicyclic amines) is 1. The SMILES string of the molecule is O=C(C1CC1c1cccc(F)c1)N1CCC(O)(C(F)(F)F)CC1. The zero-order chi connectivity index (χ0) is 16.8. The molecule has 1 saturated heterocycles. The Balaban J connectivity index is 1.59. The van der Waals surface area contributed by atoms with Crippen LogP contribution in [0.4, 0.5) is 17.6 Å². The smallest absolute Gasteiger partial charge is 0.380 e. The average molecular weight is 331 g/mol. The van der Waals surface area contributed by atoms with E-state index in [4.69, 9.17) is 0 Å². The van der Waals surface area contributed by atoms with Crippen LogP contribution < -0.4 is 0 Å². The minimum absolute atomic E-state index is 0.0679. The summed E-state index contributed by atoms with van der Waals surface area (Å²) in [5.74, 6) is -0.937. The molecule has 0 radical (unpaired) electrons. The Bertz CT molecular complexity index is 608. The van der Waals surface area contributed by atoms with E-state index in [-0.39, 0.29) is 36.6 Å². The number of benzene rings is 1. The summed E-state index contributed by atoms with van der Waals surface area (Å²) in [6, 6.07) is 6.04. The number of hydrogen-bond acceptors (Lipinski definition) is 2. The van der Waals surface area contributed by atoms with Gasteiger partial charge in [-0.05, 0) is 30.0 Å². The van der Waals surface area contributed by atoms with Gasteiger partial charge in [0.1, 0.15) is 5.82 Å². The van der Waals surface area contributed by atoms with E-state index in [1.807, 2.05) is 0 Å². The van der Waals surface area contributed by atoms with Crippen LogP contribution in [0, 0.1) is 11.7 Å². The summed E-state index contributed by atoms with van der Waals surface area (Å²) in [6.07, 6.45) is -5.09. The molecule has 126 valence electrons. The Morgan fingerprint density at radius 2 is 1.91 bits per heavy atom. The second kappa shape index (κ2) is 5.47. The van der Waals surface area contributed by atoms with E-state index >= 15 is 0 Å². The maximum Gasteiger partial charge on any atom is 0.417 e. The molecular formula is C16H17F4NO2. The van der Waals surface area contributed by atoms with Crippen LogP contribution in [0.3, 0.4) is 0 Å². The topological polar surface area (TPSA) is 40.5 Å². The van der Waals surface area contributed by atoms with Gasteiger partial charge in [0, 0.05) is 31.8 Å². The van der Waals surface area contributed by atoms with Gasteiger partial charge < -0.3 is 10.0 Å². The lowest BCUT2D eigenvalue weighted by Gasteiger charge is -2.39. The molecule has 1 aliphatic heterocycles. The number of carbonyl (C=O) groups excluding carboxylic acids is 1. The Morgan fingerprint density at radius 3 is 2.48 bits per heavy atom. The Kier molecular flexibility index (Phi) is 3.86. The highest BCUT2D eigenvalue weighted by Crippen LogP contribution is 2.49. The van der Waals surface area contributed by atoms with Crippen LogP contribution in [0.5, 0.6) is 0 Å². The van der Waals surface area contributed by atoms with E-state index in [1.54, 1.807) is 12.1 Å². The maximum atomic E-state index is 13.2. The van der Waals surface area contributed by atoms with Crippen LogP contribution in [0.15, 0.2) is 24.3 Å². The number of amides is 1. The molecule has 1 amide bonds. The predicted octanol–water partition coefficient (Wildman–Crippen LogP) is 2.85. The number of carbonyl (C=O) groups is 1. The summed E-state index contributed by atoms with van der Waals surface area (Å²) < 4.78 is 51.5. The fourth-order valence-corrected chi connectivity index (χ4v) is 3.19. The van der Waals surface area contributed by atoms with Gasteiger partial charge in [0.25, 0.3) is 0 Å². The summed E-state index contributed by atoms with van der Waals surface area (Å²) >= 11 is 0. The first kappa shape index (κ1) is 16.2. The molecule has 23 heavy (non-hydrogen) atoms. The number of alkyl halides is 3. The molecular weight excluding hydrogens is 314 g/mol. The lowest BCUT2D eigenvalue weighted by molar-refractivity contribution is -0.272. The monoisotopic (exact) mass is 331 g/mol. The fraction of sp³-hybridized carbons (Fsp3) is 0.562. The molecule has 2 atom stereocenters. The van der Waals surface area contributed by atoms with Crippen molar-refractivity contribution in [2.24, 2.45) is 5.92 Å². The Morgan fingerprint density at radius 1 is 1.26 bits per heavy atom. The minimum Gasteiger partial charge on any atom is -0.380 e. The van der Waals surface area contributed by atoms with E-state index in [2.05, 4.69) is 0 Å². The standard InChI is InChI=1S/C16H17F4NO2/c17-11-3-1-2-10(8-11)12-9-13(12)14(22)21-6-4-15(23,5-7-21)16(18,19)20/h1-3,8,12-13,23H,4-7,9H2. The van der Waals surface area contributed by atoms with E-state index < -0.39 is 24.6 Å². The predicted molar refractivity (Wildman–Crippen MR) is 74.1 cm³/mol. The normalized spacial score (nSPS) is 26.9. The van der Waals surface area contributed by atoms with Crippen molar-refractivity contribution in [1.82, 2.24) is 4.90 Å². The fourth-order valence-electron chi connectivity index (χ4n) is 3.19. The first-order valence-corrected chi connectivity index (χ1v) is 7.55. The molecule has 3 rings (SSSR count). The van der Waals surface area contributed by atoms with Crippen molar-refractivity contribution in [2.45, 2.75) is 37.0 Å². The molecule has 2 fully saturated rings. The first-order valence-electron chi connectivity index (χ1n) is 7.55. The van der Waals surface area contributed by atoms with Crippen LogP contribution in [-0.2, 0) is 4.79 Å². The third-order valence-electron chi connectivity index (χ3n) is 4.81. The van der Waals surface area contributed by atoms with Gasteiger partial charge in [-0.1, -0.05) is 12.1 Å². The highest BCUT2D eigenvalue weighted by Gasteiger charge is 2.56. The molecule has 1 saturated carbocycles. The molecule has 1 heterocycles. The van der Waals surface area contributed by atoms with Gasteiger partial charge in [-0.3, -0.25) is 4.79 Å². The number of rotatable bonds is 2. The van der Waals surface area contributed by atoms with Gasteiger partial charge in [-0.15, -0.1) is 0 Å². The summed E-state index contributed by atoms with van der Waals surface area (Å²) in [6.45, 7) is -0.220. The van der Waals surface area contributed by atoms with Crippen molar-refractivity contribution in [3.63, 3.8) is 0 Å². The molecule has 2 aliphatic rings. The lowest BCUT2D eigenvalue weighted by atomic mass is 9.90. The van der Waals surface area contributed by atoms with Gasteiger partial charge in [0.05, 0.1) is 0 Å². The van der Waals surface area contributed by atoms with Crippen molar-refractivity contribution >= 4 is 5.91 Å². The molecule has 1 aliphatic carbocycles. The second-order valence-corrected chi connectivity index (χ2v) is 6.36. The zero-order valence-corrected chi connectivity index (χ0v) is 12.3. The first-order chi connectivity index (χ1) is 10.7. The molecule has 0 aromatic heterocycles. The van der Waals surface area contributed by atoms with Crippen molar-refractivity contribution in [1.29, 1.82) is 0 Å². The highest BCUT2D eigenvalue weighted by atomic mass is 19.4. The number of halogens is 4. The largest absolute Gasteiger partial charge is 0.417 e. The Labute approximate surface area is 130 Å². The molecule has 1 aromatic rings. The lowest BCUT2D eigenvalue weighted by Crippen LogP contribution is -2.54. The summed E-state index contributed by atoms with van der Waals surface area (Å²) in [7, 11) is 0. The molecule has 0 spiro atoms. The number of nitrogens with zero attached hydrogens (tertiary/aromatic N) is 1. The van der Waals surface area contributed by atoms with Crippen LogP contribution >= 0.6 is 0 Å². The number of hydrogen-bond donors (Lipinski definition) is 1. The zero-order valence-electron chi connectivity index (χ0n) is 12.3. The van der Waals surface area contributed by atoms with E-state index in [9.17, 15) is 27.5 Å². The third-order valence-corrected chi connectivity index (χ3v) is 4.81. The highest BCUT2D eigenvalue weighted by molar-refractivity contribution is 5.83. The quantitative estimate of drug-likeness (QED) is 0.847. The van der Waals surface area contributed by atoms with Crippen molar-refractivity contribution in [3.05, 3.63) is 35.6 Å². The van der Waals surface area contributed by atoms with Crippen LogP contribution in [0.1, 0.15) is 30.7 Å². The minimum atomic E-state index is -4.67. The van der Waals surface area contributed by atoms with Gasteiger partial charge in [-0.25, -0.2) is 4.39 Å². The molecule has 7 heteroatoms. The van der Waals surface area contributed by atoms with Crippen molar-refractivity contribution in [3.8, 4) is 0 Å². The average Bonchev–Trinajstić information content (AvgIpc) is 3.27. The van der Waals surface area contributed by atoms with Crippen molar-refractivity contribution in [2.75, 3.05) is 13.1 Å². The van der Waals surface area contributed by atoms with Gasteiger partial charge in [-0.2, -0.15) is 13.2 Å². The van der Waals surface area contributed by atoms with Crippen LogP contribution in [0.2, 0.25) is 0 Å². The number of piperidine rings is 1. The maximum absolute atomic E-state index is 13.2. The molecule has 1 aromatic carbocycles. The van der Waals surface area contributed by atoms with Crippen molar-refractivity contribution < 1.29 is 27.5 Å². The molecule has 2 unspecified atom stereocenters. The second-order valence-electron chi connectivity index (χ2n) is 6.36. The summed E-state index contributed by atoms with van der Waals surface area (Å²) in [4.78, 5) is 13.7. The van der Waals surface area contributed by atoms with Crippen LogP contribution in [-0.4, -0.2) is 40.8 Å². The van der Waals surface area contributed by atoms with Crippen LogP contribution in [0.25, 0.3) is 0 Å². The number of aliphatic hydroxyl groups is 1. The Hall–Kier alpha value is -1.63. The van der Waals surface area contributed by atoms with E-state index in [1.165, 1.54) is 17.0 Å². The van der Waals surface area contributed by atoms with E-state index in [0.717, 1.165) is 5.56 Å². The molecule has 1 N–H and O–H groups in total. The molecule has 3 nitrogen and oxygen atoms in total. The molecule has 0 bridgehead atoms. The van der Waals surface area contributed by atoms with Gasteiger partial charge in [0.2, 0.25) is 5.91 Å². The van der Waals surface area contributed by atoms with Gasteiger partial charge >= 0.3 is 6.18 Å². The summed E-state index contributed by atoms with van der Waals surface area (Å²) in [5, 5.41) is 9.62.